The van der Waals surface area contributed by atoms with Crippen LogP contribution in [0.25, 0.3) is 0 Å². The first-order valence-electron chi connectivity index (χ1n) is 7.70. The second-order valence-electron chi connectivity index (χ2n) is 6.09. The maximum Gasteiger partial charge on any atom is 0.0328 e. The van der Waals surface area contributed by atoms with Gasteiger partial charge in [-0.3, -0.25) is 4.90 Å². The minimum absolute atomic E-state index is 0.674. The lowest BCUT2D eigenvalue weighted by Gasteiger charge is -2.25. The van der Waals surface area contributed by atoms with Crippen LogP contribution >= 0.6 is 11.3 Å². The highest BCUT2D eigenvalue weighted by molar-refractivity contribution is 7.11. The van der Waals surface area contributed by atoms with Crippen molar-refractivity contribution >= 4 is 11.3 Å². The lowest BCUT2D eigenvalue weighted by atomic mass is 10.0. The smallest absolute Gasteiger partial charge is 0.0328 e. The highest BCUT2D eigenvalue weighted by atomic mass is 32.1. The molecule has 19 heavy (non-hydrogen) atoms. The average molecular weight is 280 g/mol. The number of rotatable bonds is 5. The molecule has 1 aromatic heterocycles. The van der Waals surface area contributed by atoms with E-state index in [4.69, 9.17) is 0 Å². The van der Waals surface area contributed by atoms with E-state index in [1.807, 2.05) is 11.3 Å². The number of nitrogens with zero attached hydrogens (tertiary/aromatic N) is 1. The summed E-state index contributed by atoms with van der Waals surface area (Å²) in [5.74, 6) is 0.783. The quantitative estimate of drug-likeness (QED) is 0.888. The van der Waals surface area contributed by atoms with E-state index in [-0.39, 0.29) is 0 Å². The van der Waals surface area contributed by atoms with Gasteiger partial charge in [-0.05, 0) is 50.4 Å². The van der Waals surface area contributed by atoms with Gasteiger partial charge >= 0.3 is 0 Å². The van der Waals surface area contributed by atoms with Crippen LogP contribution in [0.1, 0.15) is 43.4 Å². The molecule has 2 rings (SSSR count). The molecule has 3 heteroatoms. The Bertz CT molecular complexity index is 373. The molecule has 1 aliphatic heterocycles. The largest absolute Gasteiger partial charge is 0.313 e. The number of nitrogens with one attached hydrogen (secondary N) is 1. The summed E-state index contributed by atoms with van der Waals surface area (Å²) in [6.45, 7) is 11.6. The second-order valence-corrected chi connectivity index (χ2v) is 7.34. The van der Waals surface area contributed by atoms with Crippen LogP contribution in [0.5, 0.6) is 0 Å². The molecule has 1 saturated heterocycles. The summed E-state index contributed by atoms with van der Waals surface area (Å²) in [6.07, 6.45) is 3.74. The summed E-state index contributed by atoms with van der Waals surface area (Å²) in [6, 6.07) is 5.29. The summed E-state index contributed by atoms with van der Waals surface area (Å²) in [5.41, 5.74) is 0. The third kappa shape index (κ3) is 4.90. The topological polar surface area (TPSA) is 15.3 Å². The van der Waals surface area contributed by atoms with E-state index < -0.39 is 0 Å². The van der Waals surface area contributed by atoms with Crippen LogP contribution in [-0.4, -0.2) is 30.6 Å². The van der Waals surface area contributed by atoms with Gasteiger partial charge in [0.15, 0.2) is 0 Å². The van der Waals surface area contributed by atoms with Crippen LogP contribution in [0.15, 0.2) is 12.1 Å². The Kier molecular flexibility index (Phi) is 5.86. The lowest BCUT2D eigenvalue weighted by Crippen LogP contribution is -2.38. The third-order valence-corrected chi connectivity index (χ3v) is 4.98. The van der Waals surface area contributed by atoms with Crippen molar-refractivity contribution in [3.05, 3.63) is 21.9 Å². The minimum atomic E-state index is 0.674. The van der Waals surface area contributed by atoms with Crippen molar-refractivity contribution in [3.8, 4) is 0 Å². The Labute approximate surface area is 122 Å². The predicted molar refractivity (Wildman–Crippen MR) is 84.8 cm³/mol. The van der Waals surface area contributed by atoms with E-state index in [0.29, 0.717) is 6.04 Å². The Balaban J connectivity index is 1.90. The van der Waals surface area contributed by atoms with Crippen LogP contribution in [-0.2, 0) is 13.0 Å². The van der Waals surface area contributed by atoms with Crippen LogP contribution in [0.4, 0.5) is 0 Å². The summed E-state index contributed by atoms with van der Waals surface area (Å²) in [5, 5.41) is 3.71. The van der Waals surface area contributed by atoms with Crippen LogP contribution in [0.3, 0.4) is 0 Å². The predicted octanol–water partition coefficient (Wildman–Crippen LogP) is 3.52. The Morgan fingerprint density at radius 2 is 2.16 bits per heavy atom. The first kappa shape index (κ1) is 15.0. The number of thiophene rings is 1. The average Bonchev–Trinajstić information content (AvgIpc) is 2.70. The standard InChI is InChI=1S/C16H28N2S/c1-4-15-6-7-16(19-15)12-18-9-5-8-17-14(11-18)10-13(2)3/h6-7,13-14,17H,4-5,8-12H2,1-3H3. The summed E-state index contributed by atoms with van der Waals surface area (Å²) < 4.78 is 0. The van der Waals surface area contributed by atoms with Crippen molar-refractivity contribution in [2.75, 3.05) is 19.6 Å². The fraction of sp³-hybridized carbons (Fsp3) is 0.750. The fourth-order valence-electron chi connectivity index (χ4n) is 2.86. The van der Waals surface area contributed by atoms with Gasteiger partial charge in [0.25, 0.3) is 0 Å². The zero-order valence-electron chi connectivity index (χ0n) is 12.6. The molecule has 0 spiro atoms. The molecule has 2 heterocycles. The number of hydrogen-bond acceptors (Lipinski definition) is 3. The Morgan fingerprint density at radius 1 is 1.37 bits per heavy atom. The maximum absolute atomic E-state index is 3.71. The molecule has 108 valence electrons. The van der Waals surface area contributed by atoms with Crippen molar-refractivity contribution in [1.82, 2.24) is 10.2 Å². The lowest BCUT2D eigenvalue weighted by molar-refractivity contribution is 0.249. The van der Waals surface area contributed by atoms with E-state index in [2.05, 4.69) is 43.1 Å². The van der Waals surface area contributed by atoms with Crippen molar-refractivity contribution in [2.45, 2.75) is 52.6 Å². The number of aryl methyl sites for hydroxylation is 1. The molecule has 1 N–H and O–H groups in total. The molecular formula is C16H28N2S. The normalized spacial score (nSPS) is 21.8. The monoisotopic (exact) mass is 280 g/mol. The van der Waals surface area contributed by atoms with Crippen molar-refractivity contribution in [3.63, 3.8) is 0 Å². The highest BCUT2D eigenvalue weighted by Crippen LogP contribution is 2.20. The van der Waals surface area contributed by atoms with Crippen LogP contribution in [0, 0.1) is 5.92 Å². The van der Waals surface area contributed by atoms with Gasteiger partial charge in [0.05, 0.1) is 0 Å². The fourth-order valence-corrected chi connectivity index (χ4v) is 3.86. The van der Waals surface area contributed by atoms with Crippen molar-refractivity contribution in [1.29, 1.82) is 0 Å². The zero-order valence-corrected chi connectivity index (χ0v) is 13.4. The van der Waals surface area contributed by atoms with Gasteiger partial charge in [-0.15, -0.1) is 11.3 Å². The molecule has 2 nitrogen and oxygen atoms in total. The third-order valence-electron chi connectivity index (χ3n) is 3.76. The zero-order chi connectivity index (χ0) is 13.7. The SMILES string of the molecule is CCc1ccc(CN2CCCNC(CC(C)C)C2)s1. The number of hydrogen-bond donors (Lipinski definition) is 1. The molecule has 0 amide bonds. The van der Waals surface area contributed by atoms with Gasteiger partial charge in [-0.2, -0.15) is 0 Å². The Morgan fingerprint density at radius 3 is 2.84 bits per heavy atom. The molecule has 0 bridgehead atoms. The highest BCUT2D eigenvalue weighted by Gasteiger charge is 2.18. The van der Waals surface area contributed by atoms with Crippen LogP contribution in [0.2, 0.25) is 0 Å². The molecule has 1 aliphatic rings. The molecule has 0 saturated carbocycles. The first-order valence-corrected chi connectivity index (χ1v) is 8.52. The van der Waals surface area contributed by atoms with Gasteiger partial charge in [0.2, 0.25) is 0 Å². The van der Waals surface area contributed by atoms with Gasteiger partial charge in [0, 0.05) is 28.9 Å². The molecular weight excluding hydrogens is 252 g/mol. The Hall–Kier alpha value is -0.380. The van der Waals surface area contributed by atoms with E-state index in [0.717, 1.165) is 12.5 Å². The minimum Gasteiger partial charge on any atom is -0.313 e. The van der Waals surface area contributed by atoms with Crippen molar-refractivity contribution < 1.29 is 0 Å². The van der Waals surface area contributed by atoms with E-state index >= 15 is 0 Å². The van der Waals surface area contributed by atoms with Gasteiger partial charge < -0.3 is 5.32 Å². The molecule has 1 unspecified atom stereocenters. The van der Waals surface area contributed by atoms with E-state index in [1.54, 1.807) is 0 Å². The first-order chi connectivity index (χ1) is 9.17. The summed E-state index contributed by atoms with van der Waals surface area (Å²) in [7, 11) is 0. The van der Waals surface area contributed by atoms with Crippen molar-refractivity contribution in [2.24, 2.45) is 5.92 Å². The second kappa shape index (κ2) is 7.41. The van der Waals surface area contributed by atoms with Gasteiger partial charge in [0.1, 0.15) is 0 Å². The molecule has 1 fully saturated rings. The van der Waals surface area contributed by atoms with Gasteiger partial charge in [-0.25, -0.2) is 0 Å². The summed E-state index contributed by atoms with van der Waals surface area (Å²) in [4.78, 5) is 5.68. The van der Waals surface area contributed by atoms with E-state index in [1.165, 1.54) is 48.7 Å². The molecule has 0 aromatic carbocycles. The maximum atomic E-state index is 3.71. The van der Waals surface area contributed by atoms with Gasteiger partial charge in [-0.1, -0.05) is 20.8 Å². The molecule has 0 radical (unpaired) electrons. The molecule has 1 aromatic rings. The summed E-state index contributed by atoms with van der Waals surface area (Å²) >= 11 is 1.99. The molecule has 0 aliphatic carbocycles. The van der Waals surface area contributed by atoms with Crippen LogP contribution < -0.4 is 5.32 Å². The molecule has 1 atom stereocenters. The van der Waals surface area contributed by atoms with E-state index in [9.17, 15) is 0 Å².